The largest absolute Gasteiger partial charge is 0.369 e. The Balaban J connectivity index is 2.00. The summed E-state index contributed by atoms with van der Waals surface area (Å²) in [5.41, 5.74) is 5.77. The number of carbonyl (C=O) groups is 2. The van der Waals surface area contributed by atoms with Crippen molar-refractivity contribution < 1.29 is 22.9 Å². The second-order valence-electron chi connectivity index (χ2n) is 7.93. The molecule has 3 N–H and O–H groups in total. The molecular formula is C21H23ClN4O6S. The van der Waals surface area contributed by atoms with Gasteiger partial charge >= 0.3 is 0 Å². The van der Waals surface area contributed by atoms with Crippen molar-refractivity contribution in [3.63, 3.8) is 0 Å². The lowest BCUT2D eigenvalue weighted by atomic mass is 9.96. The number of rotatable bonds is 6. The number of non-ortho nitro benzene ring substituents is 1. The van der Waals surface area contributed by atoms with E-state index in [0.29, 0.717) is 30.5 Å². The summed E-state index contributed by atoms with van der Waals surface area (Å²) in [5.74, 6) is -1.50. The number of halogens is 1. The van der Waals surface area contributed by atoms with Gasteiger partial charge in [0.05, 0.1) is 27.0 Å². The number of nitro groups is 1. The predicted octanol–water partition coefficient (Wildman–Crippen LogP) is 3.00. The molecule has 2 amide bonds. The first-order valence-corrected chi connectivity index (χ1v) is 11.9. The van der Waals surface area contributed by atoms with Crippen LogP contribution >= 0.6 is 11.6 Å². The smallest absolute Gasteiger partial charge is 0.271 e. The molecule has 12 heteroatoms. The van der Waals surface area contributed by atoms with Gasteiger partial charge in [-0.2, -0.15) is 0 Å². The van der Waals surface area contributed by atoms with Gasteiger partial charge in [0.1, 0.15) is 0 Å². The number of sulfonamides is 1. The Morgan fingerprint density at radius 1 is 1.24 bits per heavy atom. The fourth-order valence-corrected chi connectivity index (χ4v) is 5.33. The molecule has 2 aromatic rings. The number of anilines is 1. The number of carbonyl (C=O) groups excluding carboxylic acids is 2. The van der Waals surface area contributed by atoms with Gasteiger partial charge in [0.15, 0.2) is 0 Å². The zero-order valence-electron chi connectivity index (χ0n) is 18.0. The van der Waals surface area contributed by atoms with Crippen LogP contribution in [0.2, 0.25) is 5.02 Å². The van der Waals surface area contributed by atoms with Crippen molar-refractivity contribution in [2.45, 2.75) is 31.6 Å². The number of nitro benzene ring substituents is 1. The van der Waals surface area contributed by atoms with E-state index in [1.807, 2.05) is 0 Å². The molecule has 2 aromatic carbocycles. The molecule has 0 aliphatic carbocycles. The Morgan fingerprint density at radius 2 is 1.94 bits per heavy atom. The maximum absolute atomic E-state index is 13.2. The monoisotopic (exact) mass is 494 g/mol. The van der Waals surface area contributed by atoms with E-state index >= 15 is 0 Å². The molecule has 0 aromatic heterocycles. The highest BCUT2D eigenvalue weighted by Gasteiger charge is 2.30. The van der Waals surface area contributed by atoms with Gasteiger partial charge in [0.2, 0.25) is 5.91 Å². The van der Waals surface area contributed by atoms with Crippen molar-refractivity contribution in [2.75, 3.05) is 17.8 Å². The Morgan fingerprint density at radius 3 is 2.58 bits per heavy atom. The first kappa shape index (κ1) is 24.5. The van der Waals surface area contributed by atoms with Crippen molar-refractivity contribution >= 4 is 44.8 Å². The fourth-order valence-electron chi connectivity index (χ4n) is 3.74. The normalized spacial score (nSPS) is 16.3. The van der Waals surface area contributed by atoms with Gasteiger partial charge in [-0.1, -0.05) is 11.6 Å². The number of nitrogens with one attached hydrogen (secondary N) is 1. The number of piperidine rings is 1. The molecule has 176 valence electrons. The maximum atomic E-state index is 13.2. The lowest BCUT2D eigenvalue weighted by Gasteiger charge is -2.31. The number of primary amides is 1. The molecule has 3 rings (SSSR count). The molecule has 1 atom stereocenters. The molecule has 33 heavy (non-hydrogen) atoms. The van der Waals surface area contributed by atoms with Gasteiger partial charge in [-0.3, -0.25) is 24.4 Å². The molecule has 1 saturated heterocycles. The highest BCUT2D eigenvalue weighted by Crippen LogP contribution is 2.30. The molecule has 0 radical (unpaired) electrons. The minimum absolute atomic E-state index is 0.00370. The van der Waals surface area contributed by atoms with Gasteiger partial charge in [0.25, 0.3) is 21.6 Å². The van der Waals surface area contributed by atoms with Crippen LogP contribution < -0.4 is 10.5 Å². The van der Waals surface area contributed by atoms with E-state index < -0.39 is 32.7 Å². The van der Waals surface area contributed by atoms with E-state index in [1.54, 1.807) is 13.8 Å². The van der Waals surface area contributed by atoms with Crippen LogP contribution in [0, 0.1) is 29.9 Å². The number of nitrogens with two attached hydrogens (primary N) is 1. The van der Waals surface area contributed by atoms with Crippen LogP contribution in [0.1, 0.15) is 34.3 Å². The second-order valence-corrected chi connectivity index (χ2v) is 10.0. The lowest BCUT2D eigenvalue weighted by Crippen LogP contribution is -2.44. The highest BCUT2D eigenvalue weighted by atomic mass is 35.5. The van der Waals surface area contributed by atoms with Crippen LogP contribution in [0.25, 0.3) is 0 Å². The lowest BCUT2D eigenvalue weighted by molar-refractivity contribution is -0.385. The molecule has 0 saturated carbocycles. The number of aryl methyl sites for hydroxylation is 1. The first-order valence-electron chi connectivity index (χ1n) is 10.1. The van der Waals surface area contributed by atoms with E-state index in [-0.39, 0.29) is 33.4 Å². The number of benzene rings is 2. The summed E-state index contributed by atoms with van der Waals surface area (Å²) in [4.78, 5) is 36.5. The predicted molar refractivity (Wildman–Crippen MR) is 123 cm³/mol. The first-order chi connectivity index (χ1) is 15.4. The maximum Gasteiger partial charge on any atom is 0.271 e. The summed E-state index contributed by atoms with van der Waals surface area (Å²) in [6, 6.07) is 6.37. The Labute approximate surface area is 195 Å². The van der Waals surface area contributed by atoms with Crippen LogP contribution in [-0.4, -0.2) is 43.1 Å². The Bertz CT molecular complexity index is 1250. The second kappa shape index (κ2) is 9.36. The summed E-state index contributed by atoms with van der Waals surface area (Å²) in [6.07, 6.45) is 1.15. The van der Waals surface area contributed by atoms with Crippen molar-refractivity contribution in [1.82, 2.24) is 4.90 Å². The van der Waals surface area contributed by atoms with E-state index in [1.165, 1.54) is 29.2 Å². The number of hydrogen-bond donors (Lipinski definition) is 2. The van der Waals surface area contributed by atoms with Crippen molar-refractivity contribution in [1.29, 1.82) is 0 Å². The van der Waals surface area contributed by atoms with E-state index in [9.17, 15) is 28.1 Å². The Hall–Kier alpha value is -3.18. The van der Waals surface area contributed by atoms with Gasteiger partial charge in [-0.25, -0.2) is 8.42 Å². The quantitative estimate of drug-likeness (QED) is 0.465. The van der Waals surface area contributed by atoms with Gasteiger partial charge in [-0.15, -0.1) is 0 Å². The van der Waals surface area contributed by atoms with Crippen molar-refractivity contribution in [3.05, 3.63) is 62.2 Å². The number of nitrogens with zero attached hydrogens (tertiary/aromatic N) is 2. The van der Waals surface area contributed by atoms with Gasteiger partial charge in [0, 0.05) is 30.2 Å². The third-order valence-electron chi connectivity index (χ3n) is 5.67. The van der Waals surface area contributed by atoms with Gasteiger partial charge < -0.3 is 10.6 Å². The molecule has 0 spiro atoms. The zero-order chi connectivity index (χ0) is 24.5. The fraction of sp³-hybridized carbons (Fsp3) is 0.333. The van der Waals surface area contributed by atoms with Crippen LogP contribution in [0.3, 0.4) is 0 Å². The van der Waals surface area contributed by atoms with E-state index in [2.05, 4.69) is 4.72 Å². The number of amides is 2. The molecule has 10 nitrogen and oxygen atoms in total. The minimum Gasteiger partial charge on any atom is -0.369 e. The molecule has 0 unspecified atom stereocenters. The van der Waals surface area contributed by atoms with Crippen LogP contribution in [0.5, 0.6) is 0 Å². The molecule has 1 aliphatic heterocycles. The molecule has 1 aliphatic rings. The number of likely N-dealkylation sites (tertiary alicyclic amines) is 1. The summed E-state index contributed by atoms with van der Waals surface area (Å²) in [7, 11) is -4.29. The summed E-state index contributed by atoms with van der Waals surface area (Å²) >= 11 is 6.07. The van der Waals surface area contributed by atoms with Crippen molar-refractivity contribution in [3.8, 4) is 0 Å². The van der Waals surface area contributed by atoms with E-state index in [4.69, 9.17) is 17.3 Å². The molecular weight excluding hydrogens is 472 g/mol. The number of hydrogen-bond acceptors (Lipinski definition) is 6. The molecule has 1 fully saturated rings. The minimum atomic E-state index is -4.29. The Kier molecular flexibility index (Phi) is 6.94. The summed E-state index contributed by atoms with van der Waals surface area (Å²) in [5, 5.41) is 11.4. The van der Waals surface area contributed by atoms with Crippen LogP contribution in [0.15, 0.2) is 35.2 Å². The van der Waals surface area contributed by atoms with Crippen molar-refractivity contribution in [2.24, 2.45) is 11.7 Å². The highest BCUT2D eigenvalue weighted by molar-refractivity contribution is 7.92. The standard InChI is InChI=1S/C21H23ClN4O6S/c1-12-8-16(26(29)30)10-19(13(12)2)33(31,32)24-18-6-5-15(22)9-17(18)21(28)25-7-3-4-14(11-25)20(23)27/h5-6,8-10,14,24H,3-4,7,11H2,1-2H3,(H2,23,27)/t14-/m1/s1. The third kappa shape index (κ3) is 5.25. The SMILES string of the molecule is Cc1cc([N+](=O)[O-])cc(S(=O)(=O)Nc2ccc(Cl)cc2C(=O)N2CCC[C@@H](C(N)=O)C2)c1C. The van der Waals surface area contributed by atoms with Gasteiger partial charge in [-0.05, 0) is 56.0 Å². The third-order valence-corrected chi connectivity index (χ3v) is 7.40. The molecule has 1 heterocycles. The van der Waals surface area contributed by atoms with Crippen LogP contribution in [-0.2, 0) is 14.8 Å². The topological polar surface area (TPSA) is 153 Å². The summed E-state index contributed by atoms with van der Waals surface area (Å²) in [6.45, 7) is 3.61. The summed E-state index contributed by atoms with van der Waals surface area (Å²) < 4.78 is 28.7. The average molecular weight is 495 g/mol. The average Bonchev–Trinajstić information content (AvgIpc) is 2.75. The zero-order valence-corrected chi connectivity index (χ0v) is 19.6. The molecule has 0 bridgehead atoms. The van der Waals surface area contributed by atoms with Crippen LogP contribution in [0.4, 0.5) is 11.4 Å². The van der Waals surface area contributed by atoms with E-state index in [0.717, 1.165) is 6.07 Å².